The number of nitrogens with one attached hydrogen (secondary N) is 1. The standard InChI is InChI=1S/C12H12FN5/c1-18-8-16-12(17-18)7-15-6-10-4-11(13)3-2-9(10)5-14/h2-4,8,15H,6-7H2,1H3. The van der Waals surface area contributed by atoms with E-state index in [-0.39, 0.29) is 5.82 Å². The average molecular weight is 245 g/mol. The fourth-order valence-corrected chi connectivity index (χ4v) is 1.59. The van der Waals surface area contributed by atoms with E-state index >= 15 is 0 Å². The number of nitriles is 1. The second-order valence-corrected chi connectivity index (χ2v) is 3.85. The predicted molar refractivity (Wildman–Crippen MR) is 62.7 cm³/mol. The maximum atomic E-state index is 13.1. The highest BCUT2D eigenvalue weighted by Gasteiger charge is 2.04. The van der Waals surface area contributed by atoms with Crippen LogP contribution in [-0.2, 0) is 20.1 Å². The smallest absolute Gasteiger partial charge is 0.164 e. The molecule has 0 fully saturated rings. The molecule has 1 aromatic carbocycles. The Balaban J connectivity index is 1.98. The van der Waals surface area contributed by atoms with E-state index < -0.39 is 0 Å². The molecule has 0 spiro atoms. The molecule has 0 saturated carbocycles. The van der Waals surface area contributed by atoms with E-state index in [0.29, 0.717) is 30.0 Å². The second kappa shape index (κ2) is 5.38. The van der Waals surface area contributed by atoms with Gasteiger partial charge >= 0.3 is 0 Å². The molecule has 2 aromatic rings. The Hall–Kier alpha value is -2.26. The topological polar surface area (TPSA) is 66.5 Å². The molecule has 0 unspecified atom stereocenters. The molecular weight excluding hydrogens is 233 g/mol. The van der Waals surface area contributed by atoms with Crippen molar-refractivity contribution in [3.63, 3.8) is 0 Å². The van der Waals surface area contributed by atoms with Crippen LogP contribution in [0.1, 0.15) is 17.0 Å². The van der Waals surface area contributed by atoms with E-state index in [4.69, 9.17) is 5.26 Å². The van der Waals surface area contributed by atoms with E-state index in [1.807, 2.05) is 6.07 Å². The van der Waals surface area contributed by atoms with Crippen LogP contribution in [0.5, 0.6) is 0 Å². The van der Waals surface area contributed by atoms with Crippen molar-refractivity contribution in [1.29, 1.82) is 5.26 Å². The number of hydrogen-bond donors (Lipinski definition) is 1. The molecule has 6 heteroatoms. The largest absolute Gasteiger partial charge is 0.306 e. The quantitative estimate of drug-likeness (QED) is 0.876. The first-order valence-corrected chi connectivity index (χ1v) is 5.43. The molecule has 0 radical (unpaired) electrons. The summed E-state index contributed by atoms with van der Waals surface area (Å²) < 4.78 is 14.7. The Kier molecular flexibility index (Phi) is 3.65. The molecule has 0 atom stereocenters. The van der Waals surface area contributed by atoms with Crippen LogP contribution in [0.25, 0.3) is 0 Å². The Labute approximate surface area is 104 Å². The van der Waals surface area contributed by atoms with Crippen LogP contribution in [0.2, 0.25) is 0 Å². The van der Waals surface area contributed by atoms with Crippen LogP contribution < -0.4 is 5.32 Å². The molecule has 5 nitrogen and oxygen atoms in total. The molecule has 0 aliphatic rings. The van der Waals surface area contributed by atoms with Crippen LogP contribution in [0, 0.1) is 17.1 Å². The summed E-state index contributed by atoms with van der Waals surface area (Å²) in [6.07, 6.45) is 1.61. The molecular formula is C12H12FN5. The number of hydrogen-bond acceptors (Lipinski definition) is 4. The summed E-state index contributed by atoms with van der Waals surface area (Å²) in [5.74, 6) is 0.314. The zero-order valence-electron chi connectivity index (χ0n) is 9.89. The van der Waals surface area contributed by atoms with Gasteiger partial charge in [-0.25, -0.2) is 9.37 Å². The van der Waals surface area contributed by atoms with Gasteiger partial charge in [0.15, 0.2) is 5.82 Å². The van der Waals surface area contributed by atoms with Crippen molar-refractivity contribution in [1.82, 2.24) is 20.1 Å². The molecule has 1 aromatic heterocycles. The van der Waals surface area contributed by atoms with E-state index in [0.717, 1.165) is 0 Å². The number of halogens is 1. The molecule has 0 aliphatic carbocycles. The Bertz CT molecular complexity index is 584. The molecule has 0 aliphatic heterocycles. The van der Waals surface area contributed by atoms with Gasteiger partial charge in [0, 0.05) is 13.6 Å². The number of benzene rings is 1. The monoisotopic (exact) mass is 245 g/mol. The van der Waals surface area contributed by atoms with Crippen LogP contribution >= 0.6 is 0 Å². The second-order valence-electron chi connectivity index (χ2n) is 3.85. The van der Waals surface area contributed by atoms with Crippen molar-refractivity contribution < 1.29 is 4.39 Å². The maximum absolute atomic E-state index is 13.1. The van der Waals surface area contributed by atoms with Gasteiger partial charge in [-0.15, -0.1) is 0 Å². The molecule has 1 N–H and O–H groups in total. The van der Waals surface area contributed by atoms with Gasteiger partial charge in [0.25, 0.3) is 0 Å². The molecule has 0 amide bonds. The van der Waals surface area contributed by atoms with Crippen LogP contribution in [0.4, 0.5) is 4.39 Å². The van der Waals surface area contributed by atoms with Gasteiger partial charge in [0.2, 0.25) is 0 Å². The van der Waals surface area contributed by atoms with Gasteiger partial charge in [-0.05, 0) is 23.8 Å². The number of rotatable bonds is 4. The van der Waals surface area contributed by atoms with Crippen LogP contribution in [0.15, 0.2) is 24.5 Å². The van der Waals surface area contributed by atoms with Gasteiger partial charge < -0.3 is 5.32 Å². The first-order chi connectivity index (χ1) is 8.69. The fourth-order valence-electron chi connectivity index (χ4n) is 1.59. The summed E-state index contributed by atoms with van der Waals surface area (Å²) >= 11 is 0. The first kappa shape index (κ1) is 12.2. The summed E-state index contributed by atoms with van der Waals surface area (Å²) in [5, 5.41) is 16.1. The molecule has 92 valence electrons. The molecule has 1 heterocycles. The Morgan fingerprint density at radius 3 is 2.94 bits per heavy atom. The van der Waals surface area contributed by atoms with Gasteiger partial charge in [-0.3, -0.25) is 4.68 Å². The van der Waals surface area contributed by atoms with Crippen molar-refractivity contribution >= 4 is 0 Å². The minimum atomic E-state index is -0.346. The minimum absolute atomic E-state index is 0.346. The minimum Gasteiger partial charge on any atom is -0.306 e. The van der Waals surface area contributed by atoms with E-state index in [9.17, 15) is 4.39 Å². The van der Waals surface area contributed by atoms with E-state index in [2.05, 4.69) is 15.4 Å². The average Bonchev–Trinajstić information content (AvgIpc) is 2.75. The highest BCUT2D eigenvalue weighted by Crippen LogP contribution is 2.10. The van der Waals surface area contributed by atoms with E-state index in [1.165, 1.54) is 18.2 Å². The van der Waals surface area contributed by atoms with E-state index in [1.54, 1.807) is 18.1 Å². The van der Waals surface area contributed by atoms with Crippen molar-refractivity contribution in [2.75, 3.05) is 0 Å². The van der Waals surface area contributed by atoms with Gasteiger partial charge in [0.05, 0.1) is 18.2 Å². The highest BCUT2D eigenvalue weighted by molar-refractivity contribution is 5.37. The number of aryl methyl sites for hydroxylation is 1. The maximum Gasteiger partial charge on any atom is 0.164 e. The molecule has 0 bridgehead atoms. The Morgan fingerprint density at radius 1 is 1.44 bits per heavy atom. The lowest BCUT2D eigenvalue weighted by Gasteiger charge is -2.04. The van der Waals surface area contributed by atoms with Crippen molar-refractivity contribution in [3.05, 3.63) is 47.3 Å². The first-order valence-electron chi connectivity index (χ1n) is 5.43. The van der Waals surface area contributed by atoms with Crippen molar-refractivity contribution in [2.45, 2.75) is 13.1 Å². The number of nitrogens with zero attached hydrogens (tertiary/aromatic N) is 4. The zero-order chi connectivity index (χ0) is 13.0. The third-order valence-corrected chi connectivity index (χ3v) is 2.43. The van der Waals surface area contributed by atoms with Gasteiger partial charge in [-0.2, -0.15) is 10.4 Å². The fraction of sp³-hybridized carbons (Fsp3) is 0.250. The van der Waals surface area contributed by atoms with Gasteiger partial charge in [0.1, 0.15) is 12.1 Å². The van der Waals surface area contributed by atoms with Gasteiger partial charge in [-0.1, -0.05) is 0 Å². The summed E-state index contributed by atoms with van der Waals surface area (Å²) in [4.78, 5) is 4.06. The molecule has 0 saturated heterocycles. The lowest BCUT2D eigenvalue weighted by molar-refractivity contribution is 0.615. The predicted octanol–water partition coefficient (Wildman–Crippen LogP) is 1.12. The van der Waals surface area contributed by atoms with Crippen LogP contribution in [-0.4, -0.2) is 14.8 Å². The summed E-state index contributed by atoms with van der Waals surface area (Å²) in [7, 11) is 1.79. The SMILES string of the molecule is Cn1cnc(CNCc2cc(F)ccc2C#N)n1. The normalized spacial score (nSPS) is 10.3. The lowest BCUT2D eigenvalue weighted by atomic mass is 10.1. The van der Waals surface area contributed by atoms with Crippen molar-refractivity contribution in [2.24, 2.45) is 7.05 Å². The van der Waals surface area contributed by atoms with Crippen LogP contribution in [0.3, 0.4) is 0 Å². The summed E-state index contributed by atoms with van der Waals surface area (Å²) in [5.41, 5.74) is 1.10. The third-order valence-electron chi connectivity index (χ3n) is 2.43. The molecule has 18 heavy (non-hydrogen) atoms. The molecule has 2 rings (SSSR count). The zero-order valence-corrected chi connectivity index (χ0v) is 9.89. The summed E-state index contributed by atoms with van der Waals surface area (Å²) in [6, 6.07) is 6.15. The lowest BCUT2D eigenvalue weighted by Crippen LogP contribution is -2.15. The van der Waals surface area contributed by atoms with Crippen molar-refractivity contribution in [3.8, 4) is 6.07 Å². The Morgan fingerprint density at radius 2 is 2.28 bits per heavy atom. The number of aromatic nitrogens is 3. The third kappa shape index (κ3) is 2.90. The highest BCUT2D eigenvalue weighted by atomic mass is 19.1. The summed E-state index contributed by atoms with van der Waals surface area (Å²) in [6.45, 7) is 0.876.